The molecule has 15 heavy (non-hydrogen) atoms. The Morgan fingerprint density at radius 2 is 1.73 bits per heavy atom. The summed E-state index contributed by atoms with van der Waals surface area (Å²) in [5, 5.41) is 3.00. The number of rotatable bonds is 4. The van der Waals surface area contributed by atoms with Crippen molar-refractivity contribution in [3.05, 3.63) is 0 Å². The number of hydrogen-bond acceptors (Lipinski definition) is 5. The number of carbonyl (C=O) groups excluding carboxylic acids is 2. The topological polar surface area (TPSA) is 64.6 Å². The first-order valence-electron chi connectivity index (χ1n) is 4.72. The highest BCUT2D eigenvalue weighted by Crippen LogP contribution is 2.06. The quantitative estimate of drug-likeness (QED) is 0.694. The minimum absolute atomic E-state index is 0.0273. The highest BCUT2D eigenvalue weighted by atomic mass is 16.5. The van der Waals surface area contributed by atoms with Gasteiger partial charge in [-0.3, -0.25) is 14.9 Å². The van der Waals surface area contributed by atoms with Crippen LogP contribution in [0.2, 0.25) is 0 Å². The number of hydrogen-bond donors (Lipinski definition) is 1. The van der Waals surface area contributed by atoms with Crippen LogP contribution in [0, 0.1) is 0 Å². The van der Waals surface area contributed by atoms with E-state index in [0.29, 0.717) is 0 Å². The molecule has 0 aliphatic carbocycles. The van der Waals surface area contributed by atoms with E-state index in [0.717, 1.165) is 0 Å². The molecule has 0 amide bonds. The number of methoxy groups -OCH3 is 2. The molecule has 0 aliphatic rings. The van der Waals surface area contributed by atoms with Crippen LogP contribution < -0.4 is 5.32 Å². The SMILES string of the molecule is COC(=O)C[C@H](NC(C)(C)C)C(=O)OC. The average molecular weight is 217 g/mol. The number of esters is 2. The van der Waals surface area contributed by atoms with Crippen molar-refractivity contribution in [3.8, 4) is 0 Å². The maximum absolute atomic E-state index is 11.3. The summed E-state index contributed by atoms with van der Waals surface area (Å²) in [7, 11) is 2.57. The van der Waals surface area contributed by atoms with E-state index < -0.39 is 18.0 Å². The molecular weight excluding hydrogens is 198 g/mol. The Balaban J connectivity index is 4.45. The molecule has 0 aromatic rings. The molecule has 0 spiro atoms. The molecule has 0 rings (SSSR count). The van der Waals surface area contributed by atoms with Gasteiger partial charge >= 0.3 is 11.9 Å². The molecule has 5 nitrogen and oxygen atoms in total. The first-order valence-corrected chi connectivity index (χ1v) is 4.72. The molecule has 0 bridgehead atoms. The molecule has 0 unspecified atom stereocenters. The summed E-state index contributed by atoms with van der Waals surface area (Å²) in [6.07, 6.45) is -0.0273. The lowest BCUT2D eigenvalue weighted by molar-refractivity contribution is -0.150. The summed E-state index contributed by atoms with van der Waals surface area (Å²) in [4.78, 5) is 22.4. The Bertz CT molecular complexity index is 232. The van der Waals surface area contributed by atoms with Gasteiger partial charge < -0.3 is 9.47 Å². The summed E-state index contributed by atoms with van der Waals surface area (Å²) >= 11 is 0. The Labute approximate surface area is 90.1 Å². The molecule has 0 radical (unpaired) electrons. The third-order valence-corrected chi connectivity index (χ3v) is 1.69. The molecule has 0 saturated carbocycles. The van der Waals surface area contributed by atoms with Gasteiger partial charge in [0.25, 0.3) is 0 Å². The van der Waals surface area contributed by atoms with E-state index in [9.17, 15) is 9.59 Å². The zero-order valence-corrected chi connectivity index (χ0v) is 9.92. The highest BCUT2D eigenvalue weighted by molar-refractivity contribution is 5.82. The minimum atomic E-state index is -0.664. The Morgan fingerprint density at radius 1 is 1.20 bits per heavy atom. The summed E-state index contributed by atoms with van der Waals surface area (Å²) in [5.74, 6) is -0.905. The largest absolute Gasteiger partial charge is 0.469 e. The number of carbonyl (C=O) groups is 2. The van der Waals surface area contributed by atoms with Gasteiger partial charge in [0, 0.05) is 5.54 Å². The van der Waals surface area contributed by atoms with Crippen molar-refractivity contribution in [2.75, 3.05) is 14.2 Å². The average Bonchev–Trinajstić information content (AvgIpc) is 2.13. The van der Waals surface area contributed by atoms with Crippen LogP contribution in [-0.4, -0.2) is 37.7 Å². The maximum Gasteiger partial charge on any atom is 0.323 e. The van der Waals surface area contributed by atoms with Crippen molar-refractivity contribution < 1.29 is 19.1 Å². The van der Waals surface area contributed by atoms with E-state index in [2.05, 4.69) is 14.8 Å². The van der Waals surface area contributed by atoms with Crippen molar-refractivity contribution >= 4 is 11.9 Å². The van der Waals surface area contributed by atoms with Crippen LogP contribution in [0.5, 0.6) is 0 Å². The number of ether oxygens (including phenoxy) is 2. The zero-order valence-electron chi connectivity index (χ0n) is 9.92. The Morgan fingerprint density at radius 3 is 2.07 bits per heavy atom. The fraction of sp³-hybridized carbons (Fsp3) is 0.800. The van der Waals surface area contributed by atoms with Gasteiger partial charge in [-0.1, -0.05) is 0 Å². The van der Waals surface area contributed by atoms with Crippen LogP contribution in [-0.2, 0) is 19.1 Å². The van der Waals surface area contributed by atoms with Crippen molar-refractivity contribution in [2.24, 2.45) is 0 Å². The van der Waals surface area contributed by atoms with Gasteiger partial charge in [0.15, 0.2) is 0 Å². The second-order valence-electron chi connectivity index (χ2n) is 4.25. The predicted molar refractivity (Wildman–Crippen MR) is 55.3 cm³/mol. The molecule has 0 aliphatic heterocycles. The van der Waals surface area contributed by atoms with E-state index in [4.69, 9.17) is 0 Å². The molecule has 88 valence electrons. The fourth-order valence-electron chi connectivity index (χ4n) is 1.11. The standard InChI is InChI=1S/C10H19NO4/c1-10(2,3)11-7(9(13)15-5)6-8(12)14-4/h7,11H,6H2,1-5H3/t7-/m0/s1. The lowest BCUT2D eigenvalue weighted by Crippen LogP contribution is -2.49. The molecular formula is C10H19NO4. The predicted octanol–water partition coefficient (Wildman–Crippen LogP) is 0.479. The maximum atomic E-state index is 11.3. The lowest BCUT2D eigenvalue weighted by Gasteiger charge is -2.26. The Kier molecular flexibility index (Phi) is 5.28. The van der Waals surface area contributed by atoms with E-state index in [1.165, 1.54) is 14.2 Å². The molecule has 0 saturated heterocycles. The third kappa shape index (κ3) is 6.06. The van der Waals surface area contributed by atoms with Crippen LogP contribution in [0.25, 0.3) is 0 Å². The monoisotopic (exact) mass is 217 g/mol. The minimum Gasteiger partial charge on any atom is -0.469 e. The van der Waals surface area contributed by atoms with Crippen molar-refractivity contribution in [3.63, 3.8) is 0 Å². The Hall–Kier alpha value is -1.10. The van der Waals surface area contributed by atoms with Gasteiger partial charge in [-0.15, -0.1) is 0 Å². The van der Waals surface area contributed by atoms with Gasteiger partial charge in [-0.05, 0) is 20.8 Å². The van der Waals surface area contributed by atoms with Gasteiger partial charge in [-0.25, -0.2) is 0 Å². The third-order valence-electron chi connectivity index (χ3n) is 1.69. The van der Waals surface area contributed by atoms with Gasteiger partial charge in [0.2, 0.25) is 0 Å². The smallest absolute Gasteiger partial charge is 0.323 e. The van der Waals surface area contributed by atoms with Crippen molar-refractivity contribution in [1.82, 2.24) is 5.32 Å². The molecule has 1 atom stereocenters. The van der Waals surface area contributed by atoms with Crippen LogP contribution in [0.1, 0.15) is 27.2 Å². The van der Waals surface area contributed by atoms with Crippen LogP contribution in [0.3, 0.4) is 0 Å². The first kappa shape index (κ1) is 13.9. The molecule has 0 heterocycles. The van der Waals surface area contributed by atoms with Gasteiger partial charge in [0.05, 0.1) is 20.6 Å². The fourth-order valence-corrected chi connectivity index (χ4v) is 1.11. The summed E-state index contributed by atoms with van der Waals surface area (Å²) in [6, 6.07) is -0.664. The summed E-state index contributed by atoms with van der Waals surface area (Å²) < 4.78 is 9.10. The van der Waals surface area contributed by atoms with E-state index in [1.807, 2.05) is 20.8 Å². The number of nitrogens with one attached hydrogen (secondary N) is 1. The van der Waals surface area contributed by atoms with E-state index in [1.54, 1.807) is 0 Å². The van der Waals surface area contributed by atoms with Crippen LogP contribution in [0.4, 0.5) is 0 Å². The highest BCUT2D eigenvalue weighted by Gasteiger charge is 2.27. The molecule has 0 aromatic carbocycles. The van der Waals surface area contributed by atoms with Gasteiger partial charge in [-0.2, -0.15) is 0 Å². The second kappa shape index (κ2) is 5.70. The first-order chi connectivity index (χ1) is 6.80. The molecule has 5 heteroatoms. The van der Waals surface area contributed by atoms with Crippen LogP contribution >= 0.6 is 0 Å². The summed E-state index contributed by atoms with van der Waals surface area (Å²) in [6.45, 7) is 5.71. The normalized spacial score (nSPS) is 13.1. The van der Waals surface area contributed by atoms with E-state index in [-0.39, 0.29) is 12.0 Å². The van der Waals surface area contributed by atoms with E-state index >= 15 is 0 Å². The molecule has 0 fully saturated rings. The van der Waals surface area contributed by atoms with Crippen molar-refractivity contribution in [2.45, 2.75) is 38.8 Å². The lowest BCUT2D eigenvalue weighted by atomic mass is 10.1. The summed E-state index contributed by atoms with van der Waals surface area (Å²) in [5.41, 5.74) is -0.271. The zero-order chi connectivity index (χ0) is 12.1. The van der Waals surface area contributed by atoms with Gasteiger partial charge in [0.1, 0.15) is 6.04 Å². The molecule has 0 aromatic heterocycles. The molecule has 1 N–H and O–H groups in total. The second-order valence-corrected chi connectivity index (χ2v) is 4.25. The van der Waals surface area contributed by atoms with Crippen molar-refractivity contribution in [1.29, 1.82) is 0 Å². The van der Waals surface area contributed by atoms with Crippen LogP contribution in [0.15, 0.2) is 0 Å².